The van der Waals surface area contributed by atoms with E-state index >= 15 is 0 Å². The van der Waals surface area contributed by atoms with Crippen molar-refractivity contribution in [2.24, 2.45) is 5.10 Å². The number of aryl methyl sites for hydroxylation is 1. The van der Waals surface area contributed by atoms with Crippen LogP contribution in [0.5, 0.6) is 5.75 Å². The predicted octanol–water partition coefficient (Wildman–Crippen LogP) is 7.33. The molecule has 44 heavy (non-hydrogen) atoms. The summed E-state index contributed by atoms with van der Waals surface area (Å²) in [5.74, 6) is 0.326. The van der Waals surface area contributed by atoms with Crippen molar-refractivity contribution >= 4 is 23.0 Å². The van der Waals surface area contributed by atoms with Gasteiger partial charge in [-0.15, -0.1) is 5.10 Å². The fourth-order valence-electron chi connectivity index (χ4n) is 6.19. The third-order valence-corrected chi connectivity index (χ3v) is 8.29. The number of carbonyl (C=O) groups excluding carboxylic acids is 2. The van der Waals surface area contributed by atoms with Crippen LogP contribution in [-0.4, -0.2) is 23.2 Å². The molecule has 1 aromatic heterocycles. The number of hydrogen-bond acceptors (Lipinski definition) is 6. The molecule has 2 amide bonds. The van der Waals surface area contributed by atoms with Crippen molar-refractivity contribution in [3.63, 3.8) is 0 Å². The lowest BCUT2D eigenvalue weighted by molar-refractivity contribution is -0.123. The summed E-state index contributed by atoms with van der Waals surface area (Å²) in [4.78, 5) is 26.1. The summed E-state index contributed by atoms with van der Waals surface area (Å²) in [6.07, 6.45) is 7.11. The highest BCUT2D eigenvalue weighted by Crippen LogP contribution is 2.44. The van der Waals surface area contributed by atoms with E-state index in [-0.39, 0.29) is 11.2 Å². The van der Waals surface area contributed by atoms with Crippen LogP contribution in [-0.2, 0) is 16.0 Å². The van der Waals surface area contributed by atoms with Crippen LogP contribution in [0, 0.1) is 0 Å². The summed E-state index contributed by atoms with van der Waals surface area (Å²) >= 11 is 0. The van der Waals surface area contributed by atoms with Gasteiger partial charge in [-0.25, -0.2) is 10.2 Å². The van der Waals surface area contributed by atoms with Gasteiger partial charge in [-0.05, 0) is 87.6 Å². The molecule has 0 bridgehead atoms. The van der Waals surface area contributed by atoms with Crippen LogP contribution in [0.15, 0.2) is 88.4 Å². The number of amides is 2. The van der Waals surface area contributed by atoms with Crippen molar-refractivity contribution in [1.29, 1.82) is 0 Å². The smallest absolute Gasteiger partial charge is 0.408 e. The van der Waals surface area contributed by atoms with Crippen LogP contribution >= 0.6 is 0 Å². The molecule has 8 nitrogen and oxygen atoms in total. The first-order chi connectivity index (χ1) is 21.2. The Hall–Kier alpha value is -4.59. The van der Waals surface area contributed by atoms with Crippen LogP contribution in [0.25, 0.3) is 22.1 Å². The van der Waals surface area contributed by atoms with E-state index in [9.17, 15) is 9.59 Å². The minimum Gasteiger partial charge on any atom is -0.487 e. The quantitative estimate of drug-likeness (QED) is 0.236. The van der Waals surface area contributed by atoms with Gasteiger partial charge in [0.25, 0.3) is 5.91 Å². The summed E-state index contributed by atoms with van der Waals surface area (Å²) in [5, 5.41) is 8.00. The standard InChI is InChI=1S/C36H39N3O5/c1-35(2,3)44-34(41)37-32(25-15-9-5-10-16-25)33(40)39-38-31-22-27(24-13-7-4-8-14-24)28-21-26-17-20-36(18-11-6-12-19-36)43-29(26)23-30(28)42-31/h4-5,7-10,13-16,21-23,32H,6,11-12,17-20H2,1-3H3,(H,37,41)(H,39,40)/b38-31+/t32-/m0/s1. The van der Waals surface area contributed by atoms with Crippen LogP contribution in [0.4, 0.5) is 4.79 Å². The fourth-order valence-corrected chi connectivity index (χ4v) is 6.19. The number of nitrogens with one attached hydrogen (secondary N) is 2. The van der Waals surface area contributed by atoms with Gasteiger partial charge in [-0.2, -0.15) is 0 Å². The molecular weight excluding hydrogens is 554 g/mol. The molecule has 4 aromatic rings. The summed E-state index contributed by atoms with van der Waals surface area (Å²) in [6, 6.07) is 24.0. The zero-order valence-corrected chi connectivity index (χ0v) is 25.5. The molecule has 0 radical (unpaired) electrons. The average molecular weight is 594 g/mol. The molecule has 0 unspecified atom stereocenters. The first-order valence-corrected chi connectivity index (χ1v) is 15.4. The maximum atomic E-state index is 13.5. The van der Waals surface area contributed by atoms with Crippen LogP contribution in [0.1, 0.15) is 76.5 Å². The average Bonchev–Trinajstić information content (AvgIpc) is 3.01. The number of alkyl carbamates (subject to hydrolysis) is 1. The second-order valence-corrected chi connectivity index (χ2v) is 12.7. The Kier molecular flexibility index (Phi) is 8.17. The molecule has 8 heteroatoms. The maximum absolute atomic E-state index is 13.5. The monoisotopic (exact) mass is 593 g/mol. The van der Waals surface area contributed by atoms with Crippen LogP contribution in [0.2, 0.25) is 0 Å². The van der Waals surface area contributed by atoms with Crippen molar-refractivity contribution in [1.82, 2.24) is 10.7 Å². The molecule has 228 valence electrons. The van der Waals surface area contributed by atoms with Gasteiger partial charge >= 0.3 is 6.09 Å². The van der Waals surface area contributed by atoms with Gasteiger partial charge in [-0.3, -0.25) is 4.79 Å². The second kappa shape index (κ2) is 12.2. The number of carbonyl (C=O) groups is 2. The molecule has 6 rings (SSSR count). The molecule has 2 N–H and O–H groups in total. The lowest BCUT2D eigenvalue weighted by Gasteiger charge is -2.41. The number of nitrogens with zero attached hydrogens (tertiary/aromatic N) is 1. The highest BCUT2D eigenvalue weighted by Gasteiger charge is 2.37. The predicted molar refractivity (Wildman–Crippen MR) is 169 cm³/mol. The number of hydrogen-bond donors (Lipinski definition) is 2. The number of ether oxygens (including phenoxy) is 2. The Morgan fingerprint density at radius 2 is 1.61 bits per heavy atom. The largest absolute Gasteiger partial charge is 0.487 e. The molecule has 1 fully saturated rings. The molecule has 3 aromatic carbocycles. The maximum Gasteiger partial charge on any atom is 0.408 e. The van der Waals surface area contributed by atoms with Gasteiger partial charge in [0.2, 0.25) is 5.55 Å². The van der Waals surface area contributed by atoms with Crippen molar-refractivity contribution < 1.29 is 23.5 Å². The van der Waals surface area contributed by atoms with E-state index in [1.165, 1.54) is 24.8 Å². The summed E-state index contributed by atoms with van der Waals surface area (Å²) in [5.41, 5.74) is 6.35. The third kappa shape index (κ3) is 6.64. The lowest BCUT2D eigenvalue weighted by Crippen LogP contribution is -2.41. The van der Waals surface area contributed by atoms with E-state index in [4.69, 9.17) is 13.9 Å². The van der Waals surface area contributed by atoms with E-state index in [0.717, 1.165) is 47.9 Å². The Morgan fingerprint density at radius 1 is 0.909 bits per heavy atom. The summed E-state index contributed by atoms with van der Waals surface area (Å²) < 4.78 is 18.4. The van der Waals surface area contributed by atoms with E-state index in [1.54, 1.807) is 45.0 Å². The number of fused-ring (bicyclic) bond motifs is 2. The van der Waals surface area contributed by atoms with Crippen molar-refractivity contribution in [3.8, 4) is 16.9 Å². The molecule has 1 aliphatic carbocycles. The Morgan fingerprint density at radius 3 is 2.32 bits per heavy atom. The van der Waals surface area contributed by atoms with E-state index < -0.39 is 23.6 Å². The zero-order chi connectivity index (χ0) is 30.7. The van der Waals surface area contributed by atoms with E-state index in [0.29, 0.717) is 11.1 Å². The van der Waals surface area contributed by atoms with E-state index in [2.05, 4.69) is 21.9 Å². The van der Waals surface area contributed by atoms with Gasteiger partial charge in [0.05, 0.1) is 0 Å². The van der Waals surface area contributed by atoms with Gasteiger partial charge in [0.1, 0.15) is 28.6 Å². The molecule has 1 saturated carbocycles. The summed E-state index contributed by atoms with van der Waals surface area (Å²) in [6.45, 7) is 5.30. The molecule has 1 spiro atoms. The Labute approximate surface area is 257 Å². The topological polar surface area (TPSA) is 102 Å². The van der Waals surface area contributed by atoms with Crippen molar-refractivity contribution in [3.05, 3.63) is 95.5 Å². The number of rotatable bonds is 5. The Balaban J connectivity index is 1.36. The van der Waals surface area contributed by atoms with Gasteiger partial charge in [0, 0.05) is 17.5 Å². The van der Waals surface area contributed by atoms with Gasteiger partial charge in [-0.1, -0.05) is 67.1 Å². The highest BCUT2D eigenvalue weighted by molar-refractivity contribution is 5.94. The zero-order valence-electron chi connectivity index (χ0n) is 25.5. The summed E-state index contributed by atoms with van der Waals surface area (Å²) in [7, 11) is 0. The fraction of sp³-hybridized carbons (Fsp3) is 0.361. The van der Waals surface area contributed by atoms with Gasteiger partial charge in [0.15, 0.2) is 0 Å². The number of benzene rings is 3. The molecule has 2 heterocycles. The third-order valence-electron chi connectivity index (χ3n) is 8.29. The van der Waals surface area contributed by atoms with Crippen molar-refractivity contribution in [2.75, 3.05) is 0 Å². The SMILES string of the molecule is CC(C)(C)OC(=O)N[C@H](C(=O)N/N=c1\cc(-c2ccccc2)c2cc3c(cc2o1)OC1(CCCCC1)CC3)c1ccccc1. The molecule has 1 atom stereocenters. The van der Waals surface area contributed by atoms with Crippen LogP contribution < -0.4 is 21.0 Å². The highest BCUT2D eigenvalue weighted by atomic mass is 16.6. The molecule has 1 aliphatic heterocycles. The van der Waals surface area contributed by atoms with Gasteiger partial charge < -0.3 is 19.2 Å². The lowest BCUT2D eigenvalue weighted by atomic mass is 9.79. The first kappa shape index (κ1) is 29.5. The minimum absolute atomic E-state index is 0.0925. The normalized spacial score (nSPS) is 16.9. The van der Waals surface area contributed by atoms with E-state index in [1.807, 2.05) is 48.5 Å². The molecule has 2 aliphatic rings. The van der Waals surface area contributed by atoms with Crippen molar-refractivity contribution in [2.45, 2.75) is 83.0 Å². The molecule has 0 saturated heterocycles. The minimum atomic E-state index is -1.03. The second-order valence-electron chi connectivity index (χ2n) is 12.7. The first-order valence-electron chi connectivity index (χ1n) is 15.4. The Bertz CT molecular complexity index is 1720. The van der Waals surface area contributed by atoms with Crippen LogP contribution in [0.3, 0.4) is 0 Å². The molecular formula is C36H39N3O5.